The number of aromatic nitrogens is 3. The Morgan fingerprint density at radius 1 is 1.40 bits per heavy atom. The molecule has 1 amide bonds. The third kappa shape index (κ3) is 4.30. The number of aryl methyl sites for hydroxylation is 1. The molecule has 2 aromatic rings. The number of carbonyl (C=O) groups excluding carboxylic acids is 1. The number of alkyl halides is 3. The summed E-state index contributed by atoms with van der Waals surface area (Å²) < 4.78 is 39.4. The van der Waals surface area contributed by atoms with Crippen LogP contribution in [-0.4, -0.2) is 40.3 Å². The molecule has 1 aliphatic rings. The van der Waals surface area contributed by atoms with Gasteiger partial charge in [0.25, 0.3) is 5.91 Å². The summed E-state index contributed by atoms with van der Waals surface area (Å²) >= 11 is 1.02. The molecule has 3 heterocycles. The highest BCUT2D eigenvalue weighted by molar-refractivity contribution is 7.13. The monoisotopic (exact) mass is 373 g/mol. The van der Waals surface area contributed by atoms with Gasteiger partial charge in [0.15, 0.2) is 10.8 Å². The molecule has 6 nitrogen and oxygen atoms in total. The Hall–Kier alpha value is -2.10. The molecule has 1 aliphatic heterocycles. The molecule has 0 unspecified atom stereocenters. The fourth-order valence-electron chi connectivity index (χ4n) is 2.75. The van der Waals surface area contributed by atoms with Crippen molar-refractivity contribution < 1.29 is 18.0 Å². The van der Waals surface area contributed by atoms with Crippen LogP contribution in [-0.2, 0) is 13.2 Å². The fourth-order valence-corrected chi connectivity index (χ4v) is 3.63. The number of amides is 1. The smallest absolute Gasteiger partial charge is 0.352 e. The Labute approximate surface area is 146 Å². The normalized spacial score (nSPS) is 16.2. The molecular weight excluding hydrogens is 355 g/mol. The van der Waals surface area contributed by atoms with Crippen LogP contribution in [0.4, 0.5) is 18.3 Å². The van der Waals surface area contributed by atoms with Crippen molar-refractivity contribution in [3.05, 3.63) is 29.0 Å². The molecule has 0 spiro atoms. The Morgan fingerprint density at radius 2 is 2.12 bits per heavy atom. The van der Waals surface area contributed by atoms with Gasteiger partial charge in [-0.05, 0) is 18.8 Å². The molecule has 136 valence electrons. The van der Waals surface area contributed by atoms with Crippen molar-refractivity contribution in [2.24, 2.45) is 13.0 Å². The van der Waals surface area contributed by atoms with Crippen LogP contribution in [0.1, 0.15) is 28.9 Å². The van der Waals surface area contributed by atoms with Gasteiger partial charge in [0.1, 0.15) is 0 Å². The average Bonchev–Trinajstić information content (AvgIpc) is 3.22. The summed E-state index contributed by atoms with van der Waals surface area (Å²) in [4.78, 5) is 17.6. The molecule has 0 bridgehead atoms. The van der Waals surface area contributed by atoms with Crippen molar-refractivity contribution >= 4 is 22.4 Å². The molecule has 25 heavy (non-hydrogen) atoms. The van der Waals surface area contributed by atoms with E-state index in [9.17, 15) is 18.0 Å². The molecule has 0 aromatic carbocycles. The maximum Gasteiger partial charge on any atom is 0.434 e. The minimum Gasteiger partial charge on any atom is -0.352 e. The van der Waals surface area contributed by atoms with Crippen LogP contribution >= 0.6 is 11.3 Å². The first-order chi connectivity index (χ1) is 11.8. The van der Waals surface area contributed by atoms with E-state index in [1.54, 1.807) is 17.9 Å². The minimum absolute atomic E-state index is 0.162. The second kappa shape index (κ2) is 7.03. The average molecular weight is 373 g/mol. The van der Waals surface area contributed by atoms with Gasteiger partial charge in [-0.15, -0.1) is 11.3 Å². The number of nitrogens with one attached hydrogen (secondary N) is 1. The summed E-state index contributed by atoms with van der Waals surface area (Å²) in [5.74, 6) is 0.143. The number of hydrogen-bond acceptors (Lipinski definition) is 5. The first-order valence-corrected chi connectivity index (χ1v) is 8.75. The van der Waals surface area contributed by atoms with Crippen molar-refractivity contribution in [2.75, 3.05) is 24.5 Å². The van der Waals surface area contributed by atoms with Crippen molar-refractivity contribution in [3.8, 4) is 0 Å². The molecule has 3 rings (SSSR count). The number of piperidine rings is 1. The summed E-state index contributed by atoms with van der Waals surface area (Å²) in [5, 5.41) is 8.31. The van der Waals surface area contributed by atoms with Crippen molar-refractivity contribution in [2.45, 2.75) is 19.0 Å². The zero-order valence-electron chi connectivity index (χ0n) is 13.6. The molecule has 2 aromatic heterocycles. The van der Waals surface area contributed by atoms with E-state index in [0.29, 0.717) is 36.2 Å². The van der Waals surface area contributed by atoms with Gasteiger partial charge in [-0.1, -0.05) is 0 Å². The highest BCUT2D eigenvalue weighted by Crippen LogP contribution is 2.34. The van der Waals surface area contributed by atoms with Crippen molar-refractivity contribution in [1.82, 2.24) is 20.1 Å². The molecule has 1 N–H and O–H groups in total. The molecule has 0 saturated carbocycles. The van der Waals surface area contributed by atoms with Crippen LogP contribution in [0.5, 0.6) is 0 Å². The summed E-state index contributed by atoms with van der Waals surface area (Å²) in [7, 11) is 1.75. The lowest BCUT2D eigenvalue weighted by atomic mass is 9.97. The number of hydrogen-bond donors (Lipinski definition) is 1. The Balaban J connectivity index is 1.47. The zero-order chi connectivity index (χ0) is 18.0. The van der Waals surface area contributed by atoms with Gasteiger partial charge in [0.2, 0.25) is 0 Å². The van der Waals surface area contributed by atoms with Crippen molar-refractivity contribution in [3.63, 3.8) is 0 Å². The van der Waals surface area contributed by atoms with E-state index in [2.05, 4.69) is 15.4 Å². The number of carbonyl (C=O) groups is 1. The van der Waals surface area contributed by atoms with Gasteiger partial charge in [0, 0.05) is 38.3 Å². The lowest BCUT2D eigenvalue weighted by molar-refractivity contribution is -0.140. The minimum atomic E-state index is -4.40. The first-order valence-electron chi connectivity index (χ1n) is 7.87. The number of rotatable bonds is 4. The highest BCUT2D eigenvalue weighted by atomic mass is 32.1. The van der Waals surface area contributed by atoms with Gasteiger partial charge in [0.05, 0.1) is 11.8 Å². The summed E-state index contributed by atoms with van der Waals surface area (Å²) in [5.41, 5.74) is -0.319. The van der Waals surface area contributed by atoms with Gasteiger partial charge in [-0.3, -0.25) is 9.48 Å². The second-order valence-electron chi connectivity index (χ2n) is 6.06. The molecule has 10 heteroatoms. The third-order valence-corrected chi connectivity index (χ3v) is 5.09. The maximum absolute atomic E-state index is 12.6. The van der Waals surface area contributed by atoms with Crippen LogP contribution in [0, 0.1) is 5.92 Å². The summed E-state index contributed by atoms with van der Waals surface area (Å²) in [6.45, 7) is 1.82. The largest absolute Gasteiger partial charge is 0.434 e. The Bertz CT molecular complexity index is 734. The van der Waals surface area contributed by atoms with Gasteiger partial charge >= 0.3 is 6.18 Å². The van der Waals surface area contributed by atoms with E-state index < -0.39 is 11.9 Å². The predicted octanol–water partition coefficient (Wildman–Crippen LogP) is 2.54. The van der Waals surface area contributed by atoms with Crippen LogP contribution < -0.4 is 10.2 Å². The van der Waals surface area contributed by atoms with Crippen LogP contribution in [0.3, 0.4) is 0 Å². The van der Waals surface area contributed by atoms with Crippen LogP contribution in [0.15, 0.2) is 17.8 Å². The zero-order valence-corrected chi connectivity index (χ0v) is 14.4. The van der Waals surface area contributed by atoms with E-state index in [4.69, 9.17) is 0 Å². The van der Waals surface area contributed by atoms with E-state index in [-0.39, 0.29) is 5.91 Å². The highest BCUT2D eigenvalue weighted by Gasteiger charge is 2.34. The molecule has 1 fully saturated rings. The van der Waals surface area contributed by atoms with Crippen molar-refractivity contribution in [1.29, 1.82) is 0 Å². The molecule has 1 saturated heterocycles. The number of anilines is 1. The Kier molecular flexibility index (Phi) is 4.98. The predicted molar refractivity (Wildman–Crippen MR) is 87.6 cm³/mol. The number of thiazole rings is 1. The summed E-state index contributed by atoms with van der Waals surface area (Å²) in [6, 6.07) is 0. The van der Waals surface area contributed by atoms with Gasteiger partial charge < -0.3 is 10.2 Å². The standard InChI is InChI=1S/C15H18F3N5OS/c1-22-8-11(7-20-22)13(24)19-6-10-2-4-23(5-3-10)14-21-12(9-25-14)15(16,17)18/h7-10H,2-6H2,1H3,(H,19,24). The quantitative estimate of drug-likeness (QED) is 0.895. The molecule has 0 atom stereocenters. The SMILES string of the molecule is Cn1cc(C(=O)NCC2CCN(c3nc(C(F)(F)F)cs3)CC2)cn1. The number of halogens is 3. The molecular formula is C15H18F3N5OS. The number of nitrogens with zero attached hydrogens (tertiary/aromatic N) is 4. The maximum atomic E-state index is 12.6. The second-order valence-corrected chi connectivity index (χ2v) is 6.89. The third-order valence-electron chi connectivity index (χ3n) is 4.19. The Morgan fingerprint density at radius 3 is 2.68 bits per heavy atom. The van der Waals surface area contributed by atoms with E-state index >= 15 is 0 Å². The lowest BCUT2D eigenvalue weighted by Crippen LogP contribution is -2.38. The van der Waals surface area contributed by atoms with E-state index in [1.165, 1.54) is 6.20 Å². The van der Waals surface area contributed by atoms with E-state index in [0.717, 1.165) is 29.6 Å². The molecule has 0 aliphatic carbocycles. The summed E-state index contributed by atoms with van der Waals surface area (Å²) in [6.07, 6.45) is 0.365. The van der Waals surface area contributed by atoms with E-state index in [1.807, 2.05) is 4.90 Å². The van der Waals surface area contributed by atoms with Gasteiger partial charge in [-0.25, -0.2) is 4.98 Å². The lowest BCUT2D eigenvalue weighted by Gasteiger charge is -2.31. The first kappa shape index (κ1) is 17.7. The van der Waals surface area contributed by atoms with Gasteiger partial charge in [-0.2, -0.15) is 18.3 Å². The van der Waals surface area contributed by atoms with Crippen LogP contribution in [0.25, 0.3) is 0 Å². The topological polar surface area (TPSA) is 63.1 Å². The van der Waals surface area contributed by atoms with Crippen LogP contribution in [0.2, 0.25) is 0 Å². The fraction of sp³-hybridized carbons (Fsp3) is 0.533. The molecule has 0 radical (unpaired) electrons.